The van der Waals surface area contributed by atoms with Crippen LogP contribution in [-0.4, -0.2) is 11.7 Å². The van der Waals surface area contributed by atoms with Crippen LogP contribution < -0.4 is 5.32 Å². The lowest BCUT2D eigenvalue weighted by atomic mass is 9.87. The van der Waals surface area contributed by atoms with Crippen LogP contribution in [0.2, 0.25) is 0 Å². The fourth-order valence-corrected chi connectivity index (χ4v) is 2.74. The lowest BCUT2D eigenvalue weighted by molar-refractivity contribution is 0.154. The summed E-state index contributed by atoms with van der Waals surface area (Å²) >= 11 is 3.50. The Hall–Kier alpha value is -1.16. The van der Waals surface area contributed by atoms with Crippen LogP contribution in [0.3, 0.4) is 0 Å². The lowest BCUT2D eigenvalue weighted by Gasteiger charge is -2.33. The van der Waals surface area contributed by atoms with Crippen LogP contribution in [0.4, 0.5) is 0 Å². The Labute approximate surface area is 129 Å². The van der Waals surface area contributed by atoms with Crippen molar-refractivity contribution in [2.24, 2.45) is 0 Å². The second-order valence-electron chi connectivity index (χ2n) is 4.94. The Kier molecular flexibility index (Phi) is 5.35. The summed E-state index contributed by atoms with van der Waals surface area (Å²) in [6, 6.07) is 18.4. The Balaban J connectivity index is 2.21. The van der Waals surface area contributed by atoms with Crippen LogP contribution in [0.25, 0.3) is 0 Å². The van der Waals surface area contributed by atoms with Gasteiger partial charge in [-0.3, -0.25) is 0 Å². The zero-order valence-electron chi connectivity index (χ0n) is 11.6. The van der Waals surface area contributed by atoms with E-state index in [9.17, 15) is 5.11 Å². The highest BCUT2D eigenvalue weighted by molar-refractivity contribution is 9.10. The van der Waals surface area contributed by atoms with Crippen LogP contribution in [0, 0.1) is 0 Å². The molecule has 0 bridgehead atoms. The molecule has 0 spiro atoms. The van der Waals surface area contributed by atoms with Crippen molar-refractivity contribution in [1.82, 2.24) is 5.32 Å². The summed E-state index contributed by atoms with van der Waals surface area (Å²) in [6.07, 6.45) is 0.826. The predicted octanol–water partition coefficient (Wildman–Crippen LogP) is 3.84. The number of nitrogens with one attached hydrogen (secondary N) is 1. The molecular formula is C17H20BrNO. The van der Waals surface area contributed by atoms with Crippen molar-refractivity contribution in [3.63, 3.8) is 0 Å². The lowest BCUT2D eigenvalue weighted by Crippen LogP contribution is -2.44. The fraction of sp³-hybridized carbons (Fsp3) is 0.294. The van der Waals surface area contributed by atoms with E-state index in [0.29, 0.717) is 0 Å². The van der Waals surface area contributed by atoms with Gasteiger partial charge in [0.25, 0.3) is 0 Å². The molecule has 20 heavy (non-hydrogen) atoms. The topological polar surface area (TPSA) is 32.3 Å². The van der Waals surface area contributed by atoms with E-state index in [2.05, 4.69) is 52.4 Å². The minimum Gasteiger partial charge on any atom is -0.394 e. The molecule has 0 aliphatic heterocycles. The molecule has 1 unspecified atom stereocenters. The first-order chi connectivity index (χ1) is 9.70. The number of rotatable bonds is 6. The molecule has 2 nitrogen and oxygen atoms in total. The molecular weight excluding hydrogens is 314 g/mol. The van der Waals surface area contributed by atoms with E-state index < -0.39 is 5.54 Å². The highest BCUT2D eigenvalue weighted by Crippen LogP contribution is 2.27. The molecule has 2 rings (SSSR count). The molecule has 3 heteroatoms. The molecule has 1 atom stereocenters. The van der Waals surface area contributed by atoms with Crippen molar-refractivity contribution < 1.29 is 5.11 Å². The molecule has 0 radical (unpaired) electrons. The third-order valence-corrected chi connectivity index (χ3v) is 4.22. The number of hydrogen-bond acceptors (Lipinski definition) is 2. The van der Waals surface area contributed by atoms with Crippen molar-refractivity contribution >= 4 is 15.9 Å². The van der Waals surface area contributed by atoms with Gasteiger partial charge in [-0.05, 0) is 29.7 Å². The molecule has 0 aromatic heterocycles. The summed E-state index contributed by atoms with van der Waals surface area (Å²) in [7, 11) is 0. The van der Waals surface area contributed by atoms with Crippen molar-refractivity contribution in [3.8, 4) is 0 Å². The summed E-state index contributed by atoms with van der Waals surface area (Å²) in [6.45, 7) is 2.91. The van der Waals surface area contributed by atoms with Gasteiger partial charge in [0.15, 0.2) is 0 Å². The predicted molar refractivity (Wildman–Crippen MR) is 86.5 cm³/mol. The highest BCUT2D eigenvalue weighted by atomic mass is 79.9. The van der Waals surface area contributed by atoms with Crippen molar-refractivity contribution in [1.29, 1.82) is 0 Å². The van der Waals surface area contributed by atoms with Gasteiger partial charge >= 0.3 is 0 Å². The highest BCUT2D eigenvalue weighted by Gasteiger charge is 2.29. The Morgan fingerprint density at radius 1 is 1.10 bits per heavy atom. The van der Waals surface area contributed by atoms with Crippen LogP contribution >= 0.6 is 15.9 Å². The van der Waals surface area contributed by atoms with Gasteiger partial charge < -0.3 is 10.4 Å². The van der Waals surface area contributed by atoms with E-state index in [0.717, 1.165) is 23.0 Å². The van der Waals surface area contributed by atoms with Crippen molar-refractivity contribution in [2.75, 3.05) is 6.61 Å². The zero-order valence-corrected chi connectivity index (χ0v) is 13.2. The molecule has 0 fully saturated rings. The molecule has 0 heterocycles. The first kappa shape index (κ1) is 15.2. The third-order valence-electron chi connectivity index (χ3n) is 3.72. The van der Waals surface area contributed by atoms with Gasteiger partial charge in [0.05, 0.1) is 12.1 Å². The molecule has 2 N–H and O–H groups in total. The maximum Gasteiger partial charge on any atom is 0.0669 e. The second kappa shape index (κ2) is 7.02. The summed E-state index contributed by atoms with van der Waals surface area (Å²) in [5.41, 5.74) is 1.92. The third kappa shape index (κ3) is 3.48. The van der Waals surface area contributed by atoms with Crippen LogP contribution in [-0.2, 0) is 12.1 Å². The van der Waals surface area contributed by atoms with Gasteiger partial charge in [0.1, 0.15) is 0 Å². The molecule has 106 valence electrons. The molecule has 0 saturated carbocycles. The van der Waals surface area contributed by atoms with Gasteiger partial charge in [-0.15, -0.1) is 0 Å². The summed E-state index contributed by atoms with van der Waals surface area (Å²) < 4.78 is 1.03. The SMILES string of the molecule is CCC(CO)(NCc1ccccc1)c1cccc(Br)c1. The first-order valence-electron chi connectivity index (χ1n) is 6.86. The average Bonchev–Trinajstić information content (AvgIpc) is 2.50. The average molecular weight is 334 g/mol. The van der Waals surface area contributed by atoms with Gasteiger partial charge in [0.2, 0.25) is 0 Å². The number of benzene rings is 2. The smallest absolute Gasteiger partial charge is 0.0669 e. The Morgan fingerprint density at radius 3 is 2.45 bits per heavy atom. The summed E-state index contributed by atoms with van der Waals surface area (Å²) in [5.74, 6) is 0. The molecule has 2 aromatic rings. The van der Waals surface area contributed by atoms with E-state index in [-0.39, 0.29) is 6.61 Å². The summed E-state index contributed by atoms with van der Waals surface area (Å²) in [4.78, 5) is 0. The molecule has 0 aliphatic carbocycles. The van der Waals surface area contributed by atoms with E-state index in [1.54, 1.807) is 0 Å². The van der Waals surface area contributed by atoms with Crippen LogP contribution in [0.5, 0.6) is 0 Å². The molecule has 0 aliphatic rings. The maximum absolute atomic E-state index is 9.92. The quantitative estimate of drug-likeness (QED) is 0.841. The van der Waals surface area contributed by atoms with E-state index in [4.69, 9.17) is 0 Å². The number of aliphatic hydroxyl groups is 1. The normalized spacial score (nSPS) is 13.9. The monoisotopic (exact) mass is 333 g/mol. The molecule has 0 saturated heterocycles. The van der Waals surface area contributed by atoms with Gasteiger partial charge in [0, 0.05) is 11.0 Å². The fourth-order valence-electron chi connectivity index (χ4n) is 2.34. The van der Waals surface area contributed by atoms with Crippen molar-refractivity contribution in [3.05, 3.63) is 70.2 Å². The van der Waals surface area contributed by atoms with E-state index >= 15 is 0 Å². The van der Waals surface area contributed by atoms with E-state index in [1.807, 2.05) is 30.3 Å². The van der Waals surface area contributed by atoms with E-state index in [1.165, 1.54) is 5.56 Å². The maximum atomic E-state index is 9.92. The minimum absolute atomic E-state index is 0.0762. The number of hydrogen-bond donors (Lipinski definition) is 2. The Morgan fingerprint density at radius 2 is 1.85 bits per heavy atom. The zero-order chi connectivity index (χ0) is 14.4. The number of halogens is 1. The molecule has 0 amide bonds. The van der Waals surface area contributed by atoms with Crippen LogP contribution in [0.15, 0.2) is 59.1 Å². The number of aliphatic hydroxyl groups excluding tert-OH is 1. The van der Waals surface area contributed by atoms with Gasteiger partial charge in [-0.25, -0.2) is 0 Å². The standard InChI is InChI=1S/C17H20BrNO/c1-2-17(13-20,15-9-6-10-16(18)11-15)19-12-14-7-4-3-5-8-14/h3-11,19-20H,2,12-13H2,1H3. The first-order valence-corrected chi connectivity index (χ1v) is 7.65. The Bertz CT molecular complexity index is 538. The minimum atomic E-state index is -0.403. The second-order valence-corrected chi connectivity index (χ2v) is 5.86. The van der Waals surface area contributed by atoms with Gasteiger partial charge in [-0.1, -0.05) is 65.3 Å². The largest absolute Gasteiger partial charge is 0.394 e. The van der Waals surface area contributed by atoms with Crippen LogP contribution in [0.1, 0.15) is 24.5 Å². The molecule has 2 aromatic carbocycles. The van der Waals surface area contributed by atoms with Gasteiger partial charge in [-0.2, -0.15) is 0 Å². The summed E-state index contributed by atoms with van der Waals surface area (Å²) in [5, 5.41) is 13.4. The van der Waals surface area contributed by atoms with Crippen molar-refractivity contribution in [2.45, 2.75) is 25.4 Å².